The Morgan fingerprint density at radius 2 is 1.72 bits per heavy atom. The Kier molecular flexibility index (Phi) is 6.34. The van der Waals surface area contributed by atoms with Gasteiger partial charge in [-0.25, -0.2) is 4.39 Å². The number of aryl methyl sites for hydroxylation is 2. The van der Waals surface area contributed by atoms with E-state index in [0.29, 0.717) is 10.7 Å². The van der Waals surface area contributed by atoms with Crippen molar-refractivity contribution in [1.29, 1.82) is 0 Å². The van der Waals surface area contributed by atoms with Crippen LogP contribution in [0.15, 0.2) is 12.1 Å². The number of unbranched alkanes of at least 4 members (excludes halogenated alkanes) is 1. The largest absolute Gasteiger partial charge is 0.206 e. The van der Waals surface area contributed by atoms with E-state index in [9.17, 15) is 4.39 Å². The molecule has 1 rings (SSSR count). The van der Waals surface area contributed by atoms with Gasteiger partial charge in [-0.05, 0) is 42.9 Å². The number of hydrogen-bond acceptors (Lipinski definition) is 0. The summed E-state index contributed by atoms with van der Waals surface area (Å²) in [5.41, 5.74) is 2.72. The van der Waals surface area contributed by atoms with Gasteiger partial charge >= 0.3 is 0 Å². The molecule has 0 aliphatic heterocycles. The van der Waals surface area contributed by atoms with Gasteiger partial charge in [-0.15, -0.1) is 0 Å². The zero-order chi connectivity index (χ0) is 13.7. The molecule has 0 nitrogen and oxygen atoms in total. The molecule has 0 bridgehead atoms. The molecule has 1 aromatic carbocycles. The second-order valence-corrected chi connectivity index (χ2v) is 6.17. The molecule has 102 valence electrons. The summed E-state index contributed by atoms with van der Waals surface area (Å²) in [5.74, 6) is 0.564. The fraction of sp³-hybridized carbons (Fsp3) is 0.625. The van der Waals surface area contributed by atoms with Gasteiger partial charge in [-0.1, -0.05) is 61.2 Å². The monoisotopic (exact) mass is 314 g/mol. The molecule has 0 N–H and O–H groups in total. The summed E-state index contributed by atoms with van der Waals surface area (Å²) in [6.45, 7) is 8.15. The van der Waals surface area contributed by atoms with Crippen molar-refractivity contribution in [3.8, 4) is 0 Å². The van der Waals surface area contributed by atoms with Crippen LogP contribution >= 0.6 is 15.9 Å². The molecule has 0 fully saturated rings. The molecule has 1 aromatic rings. The van der Waals surface area contributed by atoms with E-state index in [2.05, 4.69) is 29.8 Å². The predicted octanol–water partition coefficient (Wildman–Crippen LogP) is 6.09. The quantitative estimate of drug-likeness (QED) is 0.557. The van der Waals surface area contributed by atoms with E-state index in [1.807, 2.05) is 26.0 Å². The SMILES string of the molecule is CCCCC(CC)C(Br)c1cc(C)c(F)c(C)c1. The molecule has 0 spiro atoms. The normalized spacial score (nSPS) is 14.6. The Hall–Kier alpha value is -0.370. The van der Waals surface area contributed by atoms with Crippen LogP contribution in [-0.2, 0) is 0 Å². The van der Waals surface area contributed by atoms with Crippen molar-refractivity contribution in [2.45, 2.75) is 58.2 Å². The van der Waals surface area contributed by atoms with Gasteiger partial charge in [0.25, 0.3) is 0 Å². The van der Waals surface area contributed by atoms with Gasteiger partial charge in [0, 0.05) is 4.83 Å². The molecule has 2 heteroatoms. The van der Waals surface area contributed by atoms with E-state index in [0.717, 1.165) is 17.5 Å². The number of benzene rings is 1. The molecule has 2 unspecified atom stereocenters. The smallest absolute Gasteiger partial charge is 0.129 e. The molecule has 0 heterocycles. The van der Waals surface area contributed by atoms with Crippen LogP contribution in [0.2, 0.25) is 0 Å². The third-order valence-corrected chi connectivity index (χ3v) is 4.92. The van der Waals surface area contributed by atoms with Crippen molar-refractivity contribution in [3.63, 3.8) is 0 Å². The number of rotatable bonds is 6. The maximum Gasteiger partial charge on any atom is 0.129 e. The average molecular weight is 315 g/mol. The van der Waals surface area contributed by atoms with Crippen LogP contribution in [-0.4, -0.2) is 0 Å². The highest BCUT2D eigenvalue weighted by atomic mass is 79.9. The van der Waals surface area contributed by atoms with Gasteiger partial charge in [0.05, 0.1) is 0 Å². The molecule has 0 saturated heterocycles. The van der Waals surface area contributed by atoms with E-state index < -0.39 is 0 Å². The lowest BCUT2D eigenvalue weighted by atomic mass is 9.90. The van der Waals surface area contributed by atoms with Crippen molar-refractivity contribution in [2.24, 2.45) is 5.92 Å². The highest BCUT2D eigenvalue weighted by molar-refractivity contribution is 9.09. The van der Waals surface area contributed by atoms with Crippen molar-refractivity contribution < 1.29 is 4.39 Å². The topological polar surface area (TPSA) is 0 Å². The fourth-order valence-corrected chi connectivity index (χ4v) is 3.34. The Morgan fingerprint density at radius 3 is 2.17 bits per heavy atom. The van der Waals surface area contributed by atoms with Crippen LogP contribution in [0.25, 0.3) is 0 Å². The Labute approximate surface area is 119 Å². The zero-order valence-electron chi connectivity index (χ0n) is 11.9. The fourth-order valence-electron chi connectivity index (χ4n) is 2.43. The maximum atomic E-state index is 13.6. The van der Waals surface area contributed by atoms with Crippen LogP contribution in [0.5, 0.6) is 0 Å². The summed E-state index contributed by atoms with van der Waals surface area (Å²) in [5, 5.41) is 0. The first-order chi connectivity index (χ1) is 8.51. The Bertz CT molecular complexity index is 364. The molecule has 0 saturated carbocycles. The summed E-state index contributed by atoms with van der Waals surface area (Å²) in [6.07, 6.45) is 4.89. The average Bonchev–Trinajstić information content (AvgIpc) is 2.36. The second-order valence-electron chi connectivity index (χ2n) is 5.18. The Balaban J connectivity index is 2.91. The molecule has 0 radical (unpaired) electrons. The molecule has 0 aliphatic carbocycles. The first kappa shape index (κ1) is 15.7. The maximum absolute atomic E-state index is 13.6. The first-order valence-electron chi connectivity index (χ1n) is 6.91. The second kappa shape index (κ2) is 7.28. The molecular weight excluding hydrogens is 291 g/mol. The van der Waals surface area contributed by atoms with Gasteiger partial charge in [0.2, 0.25) is 0 Å². The minimum Gasteiger partial charge on any atom is -0.206 e. The third-order valence-electron chi connectivity index (χ3n) is 3.64. The lowest BCUT2D eigenvalue weighted by molar-refractivity contribution is 0.445. The lowest BCUT2D eigenvalue weighted by Gasteiger charge is -2.22. The Morgan fingerprint density at radius 1 is 1.17 bits per heavy atom. The van der Waals surface area contributed by atoms with Crippen LogP contribution in [0, 0.1) is 25.6 Å². The molecule has 2 atom stereocenters. The summed E-state index contributed by atoms with van der Waals surface area (Å²) in [6, 6.07) is 3.96. The highest BCUT2D eigenvalue weighted by Crippen LogP contribution is 2.37. The standard InChI is InChI=1S/C16H24BrF/c1-5-7-8-13(6-2)15(17)14-9-11(3)16(18)12(4)10-14/h9-10,13,15H,5-8H2,1-4H3. The minimum absolute atomic E-state index is 0.0694. The summed E-state index contributed by atoms with van der Waals surface area (Å²) in [7, 11) is 0. The van der Waals surface area contributed by atoms with Crippen molar-refractivity contribution in [1.82, 2.24) is 0 Å². The molecule has 18 heavy (non-hydrogen) atoms. The van der Waals surface area contributed by atoms with E-state index in [-0.39, 0.29) is 5.82 Å². The van der Waals surface area contributed by atoms with Gasteiger partial charge in [-0.3, -0.25) is 0 Å². The van der Waals surface area contributed by atoms with Crippen LogP contribution in [0.1, 0.15) is 61.0 Å². The van der Waals surface area contributed by atoms with Crippen molar-refractivity contribution in [2.75, 3.05) is 0 Å². The van der Waals surface area contributed by atoms with Crippen LogP contribution in [0.3, 0.4) is 0 Å². The molecule has 0 aromatic heterocycles. The van der Waals surface area contributed by atoms with Gasteiger partial charge in [-0.2, -0.15) is 0 Å². The van der Waals surface area contributed by atoms with Crippen LogP contribution < -0.4 is 0 Å². The molecular formula is C16H24BrF. The van der Waals surface area contributed by atoms with E-state index in [4.69, 9.17) is 0 Å². The molecule has 0 aliphatic rings. The zero-order valence-corrected chi connectivity index (χ0v) is 13.5. The van der Waals surface area contributed by atoms with Gasteiger partial charge < -0.3 is 0 Å². The summed E-state index contributed by atoms with van der Waals surface area (Å²) in [4.78, 5) is 0.340. The van der Waals surface area contributed by atoms with Gasteiger partial charge in [0.15, 0.2) is 0 Å². The summed E-state index contributed by atoms with van der Waals surface area (Å²) < 4.78 is 13.6. The number of hydrogen-bond donors (Lipinski definition) is 0. The van der Waals surface area contributed by atoms with Gasteiger partial charge in [0.1, 0.15) is 5.82 Å². The first-order valence-corrected chi connectivity index (χ1v) is 7.83. The highest BCUT2D eigenvalue weighted by Gasteiger charge is 2.20. The van der Waals surface area contributed by atoms with Crippen molar-refractivity contribution >= 4 is 15.9 Å². The van der Waals surface area contributed by atoms with E-state index >= 15 is 0 Å². The number of alkyl halides is 1. The third kappa shape index (κ3) is 3.81. The van der Waals surface area contributed by atoms with Crippen LogP contribution in [0.4, 0.5) is 4.39 Å². The predicted molar refractivity (Wildman–Crippen MR) is 80.8 cm³/mol. The lowest BCUT2D eigenvalue weighted by Crippen LogP contribution is -2.08. The number of halogens is 2. The van der Waals surface area contributed by atoms with E-state index in [1.54, 1.807) is 0 Å². The minimum atomic E-state index is -0.0694. The summed E-state index contributed by atoms with van der Waals surface area (Å²) >= 11 is 3.81. The van der Waals surface area contributed by atoms with Crippen molar-refractivity contribution in [3.05, 3.63) is 34.6 Å². The molecule has 0 amide bonds. The van der Waals surface area contributed by atoms with E-state index in [1.165, 1.54) is 24.8 Å².